The van der Waals surface area contributed by atoms with Crippen molar-refractivity contribution in [3.8, 4) is 0 Å². The largest absolute Gasteiger partial charge is 0.329 e. The molecule has 2 atom stereocenters. The van der Waals surface area contributed by atoms with E-state index in [2.05, 4.69) is 17.1 Å². The van der Waals surface area contributed by atoms with E-state index in [4.69, 9.17) is 5.73 Å². The molecule has 128 valence electrons. The maximum absolute atomic E-state index is 12.2. The van der Waals surface area contributed by atoms with Crippen LogP contribution >= 0.6 is 12.4 Å². The molecule has 2 rings (SSSR count). The lowest BCUT2D eigenvalue weighted by atomic mass is 9.91. The van der Waals surface area contributed by atoms with Crippen LogP contribution in [0.2, 0.25) is 0 Å². The van der Waals surface area contributed by atoms with Crippen molar-refractivity contribution in [2.75, 3.05) is 25.0 Å². The van der Waals surface area contributed by atoms with Gasteiger partial charge in [-0.25, -0.2) is 0 Å². The Bertz CT molecular complexity index is 555. The van der Waals surface area contributed by atoms with Crippen molar-refractivity contribution in [2.45, 2.75) is 25.8 Å². The summed E-state index contributed by atoms with van der Waals surface area (Å²) in [5, 5.41) is 13.6. The number of likely N-dealkylation sites (tertiary alicyclic amines) is 1. The molecule has 3 N–H and O–H groups in total. The first-order valence-electron chi connectivity index (χ1n) is 7.50. The molecule has 1 aliphatic heterocycles. The van der Waals surface area contributed by atoms with Crippen LogP contribution in [0.1, 0.15) is 19.8 Å². The highest BCUT2D eigenvalue weighted by molar-refractivity contribution is 5.94. The molecule has 1 saturated heterocycles. The van der Waals surface area contributed by atoms with Crippen LogP contribution in [0.3, 0.4) is 0 Å². The van der Waals surface area contributed by atoms with Crippen molar-refractivity contribution < 1.29 is 9.72 Å². The molecule has 0 radical (unpaired) electrons. The van der Waals surface area contributed by atoms with Gasteiger partial charge in [-0.15, -0.1) is 12.4 Å². The summed E-state index contributed by atoms with van der Waals surface area (Å²) < 4.78 is 0. The number of halogens is 1. The van der Waals surface area contributed by atoms with Crippen LogP contribution in [-0.4, -0.2) is 41.4 Å². The molecule has 2 unspecified atom stereocenters. The van der Waals surface area contributed by atoms with E-state index in [1.165, 1.54) is 12.1 Å². The lowest BCUT2D eigenvalue weighted by Crippen LogP contribution is -2.51. The number of carbonyl (C=O) groups is 1. The van der Waals surface area contributed by atoms with Gasteiger partial charge in [0.1, 0.15) is 5.69 Å². The van der Waals surface area contributed by atoms with Crippen LogP contribution in [-0.2, 0) is 4.79 Å². The van der Waals surface area contributed by atoms with Crippen molar-refractivity contribution in [3.63, 3.8) is 0 Å². The van der Waals surface area contributed by atoms with E-state index in [1.807, 2.05) is 0 Å². The van der Waals surface area contributed by atoms with E-state index in [1.54, 1.807) is 12.1 Å². The quantitative estimate of drug-likeness (QED) is 0.629. The average Bonchev–Trinajstić information content (AvgIpc) is 2.47. The molecule has 7 nitrogen and oxygen atoms in total. The smallest absolute Gasteiger partial charge is 0.292 e. The lowest BCUT2D eigenvalue weighted by Gasteiger charge is -2.38. The molecule has 1 heterocycles. The first-order chi connectivity index (χ1) is 10.5. The number of hydrogen-bond acceptors (Lipinski definition) is 5. The van der Waals surface area contributed by atoms with Crippen LogP contribution in [0.4, 0.5) is 11.4 Å². The fraction of sp³-hybridized carbons (Fsp3) is 0.533. The highest BCUT2D eigenvalue weighted by Gasteiger charge is 2.28. The minimum Gasteiger partial charge on any atom is -0.329 e. The molecule has 0 aliphatic carbocycles. The van der Waals surface area contributed by atoms with E-state index in [-0.39, 0.29) is 42.3 Å². The molecule has 1 aromatic rings. The Labute approximate surface area is 141 Å². The van der Waals surface area contributed by atoms with Gasteiger partial charge in [-0.05, 0) is 31.4 Å². The van der Waals surface area contributed by atoms with Crippen molar-refractivity contribution in [1.82, 2.24) is 4.90 Å². The van der Waals surface area contributed by atoms with Crippen LogP contribution in [0, 0.1) is 16.0 Å². The molecule has 1 amide bonds. The lowest BCUT2D eigenvalue weighted by molar-refractivity contribution is -0.383. The predicted molar refractivity (Wildman–Crippen MR) is 91.8 cm³/mol. The maximum atomic E-state index is 12.2. The maximum Gasteiger partial charge on any atom is 0.292 e. The number of anilines is 1. The molecule has 1 aliphatic rings. The van der Waals surface area contributed by atoms with Gasteiger partial charge in [0.25, 0.3) is 5.69 Å². The molecule has 0 spiro atoms. The number of nitrogens with one attached hydrogen (secondary N) is 1. The van der Waals surface area contributed by atoms with Gasteiger partial charge in [0.2, 0.25) is 5.91 Å². The Hall–Kier alpha value is -1.70. The number of piperidine rings is 1. The van der Waals surface area contributed by atoms with Crippen molar-refractivity contribution >= 4 is 29.7 Å². The summed E-state index contributed by atoms with van der Waals surface area (Å²) in [5.41, 5.74) is 5.94. The molecule has 0 bridgehead atoms. The fourth-order valence-electron chi connectivity index (χ4n) is 3.02. The average molecular weight is 343 g/mol. The number of nitrogens with two attached hydrogens (primary N) is 1. The first-order valence-corrected chi connectivity index (χ1v) is 7.50. The minimum absolute atomic E-state index is 0. The summed E-state index contributed by atoms with van der Waals surface area (Å²) in [7, 11) is 0. The summed E-state index contributed by atoms with van der Waals surface area (Å²) in [4.78, 5) is 24.7. The summed E-state index contributed by atoms with van der Waals surface area (Å²) in [6, 6.07) is 6.33. The summed E-state index contributed by atoms with van der Waals surface area (Å²) >= 11 is 0. The van der Waals surface area contributed by atoms with E-state index in [9.17, 15) is 14.9 Å². The Morgan fingerprint density at radius 3 is 2.83 bits per heavy atom. The molecular weight excluding hydrogens is 320 g/mol. The molecule has 0 aromatic heterocycles. The van der Waals surface area contributed by atoms with E-state index < -0.39 is 4.92 Å². The summed E-state index contributed by atoms with van der Waals surface area (Å²) in [5.74, 6) is 0.208. The van der Waals surface area contributed by atoms with E-state index >= 15 is 0 Å². The predicted octanol–water partition coefficient (Wildman–Crippen LogP) is 2.01. The van der Waals surface area contributed by atoms with Crippen LogP contribution in [0.25, 0.3) is 0 Å². The molecular formula is C15H23ClN4O3. The zero-order valence-corrected chi connectivity index (χ0v) is 13.9. The molecule has 0 saturated carbocycles. The number of hydrogen-bond donors (Lipinski definition) is 2. The van der Waals surface area contributed by atoms with Gasteiger partial charge in [-0.1, -0.05) is 19.1 Å². The second-order valence-electron chi connectivity index (χ2n) is 5.72. The Morgan fingerprint density at radius 2 is 2.17 bits per heavy atom. The van der Waals surface area contributed by atoms with E-state index in [0.717, 1.165) is 19.4 Å². The number of nitrogens with zero attached hydrogens (tertiary/aromatic N) is 2. The number of benzene rings is 1. The number of carbonyl (C=O) groups excluding carboxylic acids is 1. The zero-order chi connectivity index (χ0) is 16.1. The van der Waals surface area contributed by atoms with Gasteiger partial charge in [0.15, 0.2) is 0 Å². The van der Waals surface area contributed by atoms with Gasteiger partial charge in [-0.3, -0.25) is 19.8 Å². The third kappa shape index (κ3) is 4.89. The first kappa shape index (κ1) is 19.3. The normalized spacial score (nSPS) is 21.3. The highest BCUT2D eigenvalue weighted by atomic mass is 35.5. The number of nitro benzene ring substituents is 1. The fourth-order valence-corrected chi connectivity index (χ4v) is 3.02. The van der Waals surface area contributed by atoms with Gasteiger partial charge >= 0.3 is 0 Å². The van der Waals surface area contributed by atoms with Gasteiger partial charge in [0.05, 0.1) is 11.5 Å². The Morgan fingerprint density at radius 1 is 1.48 bits per heavy atom. The monoisotopic (exact) mass is 342 g/mol. The number of para-hydroxylation sites is 2. The number of amides is 1. The third-order valence-electron chi connectivity index (χ3n) is 4.19. The molecule has 1 fully saturated rings. The van der Waals surface area contributed by atoms with E-state index in [0.29, 0.717) is 12.5 Å². The van der Waals surface area contributed by atoms with Gasteiger partial charge in [-0.2, -0.15) is 0 Å². The van der Waals surface area contributed by atoms with Crippen LogP contribution in [0.15, 0.2) is 24.3 Å². The van der Waals surface area contributed by atoms with Crippen molar-refractivity contribution in [2.24, 2.45) is 11.7 Å². The Kier molecular flexibility index (Phi) is 7.41. The highest BCUT2D eigenvalue weighted by Crippen LogP contribution is 2.24. The van der Waals surface area contributed by atoms with Gasteiger partial charge in [0, 0.05) is 18.7 Å². The standard InChI is InChI=1S/C15H22N4O3.ClH/c1-11-5-4-8-18(14(11)9-16)10-15(20)17-12-6-2-3-7-13(12)19(21)22;/h2-3,6-7,11,14H,4-5,8-10,16H2,1H3,(H,17,20);1H. The van der Waals surface area contributed by atoms with Crippen LogP contribution in [0.5, 0.6) is 0 Å². The zero-order valence-electron chi connectivity index (χ0n) is 13.1. The third-order valence-corrected chi connectivity index (χ3v) is 4.19. The second-order valence-corrected chi connectivity index (χ2v) is 5.72. The SMILES string of the molecule is CC1CCCN(CC(=O)Nc2ccccc2[N+](=O)[O-])C1CN.Cl. The second kappa shape index (κ2) is 8.81. The molecule has 23 heavy (non-hydrogen) atoms. The Balaban J connectivity index is 0.00000264. The van der Waals surface area contributed by atoms with Crippen LogP contribution < -0.4 is 11.1 Å². The van der Waals surface area contributed by atoms with Gasteiger partial charge < -0.3 is 11.1 Å². The van der Waals surface area contributed by atoms with Crippen molar-refractivity contribution in [1.29, 1.82) is 0 Å². The summed E-state index contributed by atoms with van der Waals surface area (Å²) in [6.07, 6.45) is 2.15. The minimum atomic E-state index is -0.499. The molecule has 1 aromatic carbocycles. The number of nitro groups is 1. The topological polar surface area (TPSA) is 102 Å². The molecule has 8 heteroatoms. The number of rotatable bonds is 5. The summed E-state index contributed by atoms with van der Waals surface area (Å²) in [6.45, 7) is 3.69. The van der Waals surface area contributed by atoms with Crippen molar-refractivity contribution in [3.05, 3.63) is 34.4 Å².